The van der Waals surface area contributed by atoms with E-state index in [2.05, 4.69) is 31.0 Å². The smallest absolute Gasteiger partial charge is 0.340 e. The van der Waals surface area contributed by atoms with Gasteiger partial charge in [0.2, 0.25) is 0 Å². The molecule has 0 saturated carbocycles. The molecule has 0 fully saturated rings. The van der Waals surface area contributed by atoms with Gasteiger partial charge in [-0.15, -0.1) is 0 Å². The van der Waals surface area contributed by atoms with E-state index < -0.39 is 5.97 Å². The van der Waals surface area contributed by atoms with Crippen molar-refractivity contribution in [3.05, 3.63) is 47.2 Å². The van der Waals surface area contributed by atoms with Crippen LogP contribution in [0.1, 0.15) is 28.4 Å². The molecule has 1 aromatic carbocycles. The summed E-state index contributed by atoms with van der Waals surface area (Å²) >= 11 is 1.49. The molecule has 21 heavy (non-hydrogen) atoms. The number of rotatable bonds is 4. The summed E-state index contributed by atoms with van der Waals surface area (Å²) in [6.45, 7) is 6.23. The maximum Gasteiger partial charge on any atom is 0.340 e. The van der Waals surface area contributed by atoms with Gasteiger partial charge in [-0.3, -0.25) is 0 Å². The zero-order valence-corrected chi connectivity index (χ0v) is 13.2. The summed E-state index contributed by atoms with van der Waals surface area (Å²) in [5, 5.41) is 0.718. The minimum absolute atomic E-state index is 0.320. The molecule has 0 spiro atoms. The molecule has 110 valence electrons. The first-order valence-electron chi connectivity index (χ1n) is 6.69. The van der Waals surface area contributed by atoms with Crippen LogP contribution in [0, 0.1) is 13.8 Å². The number of carbonyl (C=O) groups is 1. The third-order valence-electron chi connectivity index (χ3n) is 3.11. The molecule has 0 aliphatic carbocycles. The lowest BCUT2D eigenvalue weighted by molar-refractivity contribution is 0.0527. The monoisotopic (exact) mass is 302 g/mol. The van der Waals surface area contributed by atoms with Gasteiger partial charge in [0.05, 0.1) is 24.1 Å². The van der Waals surface area contributed by atoms with E-state index in [-0.39, 0.29) is 0 Å². The molecule has 2 N–H and O–H groups in total. The van der Waals surface area contributed by atoms with Crippen LogP contribution in [0.25, 0.3) is 0 Å². The maximum absolute atomic E-state index is 11.8. The molecule has 1 aromatic heterocycles. The first-order valence-corrected chi connectivity index (χ1v) is 7.50. The van der Waals surface area contributed by atoms with Crippen molar-refractivity contribution in [3.63, 3.8) is 0 Å². The lowest BCUT2D eigenvalue weighted by atomic mass is 10.1. The van der Waals surface area contributed by atoms with Gasteiger partial charge in [0, 0.05) is 4.90 Å². The van der Waals surface area contributed by atoms with Crippen LogP contribution in [0.3, 0.4) is 0 Å². The number of hydrogen-bond acceptors (Lipinski definition) is 5. The molecule has 0 aliphatic heterocycles. The van der Waals surface area contributed by atoms with Gasteiger partial charge in [-0.1, -0.05) is 17.8 Å². The summed E-state index contributed by atoms with van der Waals surface area (Å²) in [6.07, 6.45) is 1.50. The molecular weight excluding hydrogens is 284 g/mol. The highest BCUT2D eigenvalue weighted by Gasteiger charge is 2.13. The van der Waals surface area contributed by atoms with Gasteiger partial charge >= 0.3 is 5.97 Å². The molecule has 0 bridgehead atoms. The number of aromatic nitrogens is 1. The second-order valence-electron chi connectivity index (χ2n) is 4.68. The quantitative estimate of drug-likeness (QED) is 0.874. The number of esters is 1. The lowest BCUT2D eigenvalue weighted by Gasteiger charge is -2.08. The van der Waals surface area contributed by atoms with E-state index in [0.29, 0.717) is 17.9 Å². The van der Waals surface area contributed by atoms with Crippen molar-refractivity contribution in [1.29, 1.82) is 0 Å². The minimum atomic E-state index is -0.417. The molecular formula is C16H18N2O2S. The molecule has 0 aliphatic rings. The Hall–Kier alpha value is -2.01. The number of carbonyl (C=O) groups excluding carboxylic acids is 1. The number of anilines is 1. The van der Waals surface area contributed by atoms with E-state index in [9.17, 15) is 4.79 Å². The SMILES string of the molecule is CCOC(=O)c1cc(Sc2ccc(C)c(C)c2)ncc1N. The van der Waals surface area contributed by atoms with Crippen molar-refractivity contribution in [1.82, 2.24) is 4.98 Å². The summed E-state index contributed by atoms with van der Waals surface area (Å²) in [4.78, 5) is 17.2. The number of benzene rings is 1. The van der Waals surface area contributed by atoms with Crippen LogP contribution < -0.4 is 5.73 Å². The minimum Gasteiger partial charge on any atom is -0.462 e. The average molecular weight is 302 g/mol. The predicted molar refractivity (Wildman–Crippen MR) is 84.6 cm³/mol. The molecule has 0 atom stereocenters. The Morgan fingerprint density at radius 3 is 2.71 bits per heavy atom. The fourth-order valence-electron chi connectivity index (χ4n) is 1.79. The van der Waals surface area contributed by atoms with Gasteiger partial charge in [-0.25, -0.2) is 9.78 Å². The first-order chi connectivity index (χ1) is 10.0. The second kappa shape index (κ2) is 6.63. The Kier molecular flexibility index (Phi) is 4.85. The third-order valence-corrected chi connectivity index (χ3v) is 4.03. The van der Waals surface area contributed by atoms with E-state index in [0.717, 1.165) is 9.92 Å². The number of hydrogen-bond donors (Lipinski definition) is 1. The van der Waals surface area contributed by atoms with Crippen LogP contribution in [-0.2, 0) is 4.74 Å². The van der Waals surface area contributed by atoms with Gasteiger partial charge in [0.25, 0.3) is 0 Å². The Morgan fingerprint density at radius 1 is 1.29 bits per heavy atom. The summed E-state index contributed by atoms with van der Waals surface area (Å²) in [6, 6.07) is 7.88. The van der Waals surface area contributed by atoms with Crippen LogP contribution in [0.4, 0.5) is 5.69 Å². The van der Waals surface area contributed by atoms with E-state index in [1.54, 1.807) is 13.0 Å². The summed E-state index contributed by atoms with van der Waals surface area (Å²) in [5.41, 5.74) is 8.95. The third kappa shape index (κ3) is 3.76. The molecule has 2 rings (SSSR count). The Balaban J connectivity index is 2.26. The van der Waals surface area contributed by atoms with Crippen LogP contribution in [0.15, 0.2) is 40.4 Å². The van der Waals surface area contributed by atoms with Crippen LogP contribution in [0.5, 0.6) is 0 Å². The topological polar surface area (TPSA) is 65.2 Å². The zero-order valence-electron chi connectivity index (χ0n) is 12.3. The lowest BCUT2D eigenvalue weighted by Crippen LogP contribution is -2.08. The van der Waals surface area contributed by atoms with E-state index in [1.165, 1.54) is 29.1 Å². The van der Waals surface area contributed by atoms with Gasteiger partial charge in [0.1, 0.15) is 5.03 Å². The maximum atomic E-state index is 11.8. The number of pyridine rings is 1. The van der Waals surface area contributed by atoms with E-state index in [4.69, 9.17) is 10.5 Å². The second-order valence-corrected chi connectivity index (χ2v) is 5.77. The molecule has 0 radical (unpaired) electrons. The highest BCUT2D eigenvalue weighted by Crippen LogP contribution is 2.29. The number of nitrogens with zero attached hydrogens (tertiary/aromatic N) is 1. The van der Waals surface area contributed by atoms with Crippen molar-refractivity contribution in [2.45, 2.75) is 30.7 Å². The van der Waals surface area contributed by atoms with Gasteiger partial charge in [-0.05, 0) is 50.1 Å². The fraction of sp³-hybridized carbons (Fsp3) is 0.250. The summed E-state index contributed by atoms with van der Waals surface area (Å²) in [5.74, 6) is -0.417. The van der Waals surface area contributed by atoms with E-state index in [1.807, 2.05) is 6.07 Å². The average Bonchev–Trinajstić information content (AvgIpc) is 2.45. The Labute approximate surface area is 128 Å². The van der Waals surface area contributed by atoms with Crippen molar-refractivity contribution >= 4 is 23.4 Å². The molecule has 1 heterocycles. The van der Waals surface area contributed by atoms with Crippen molar-refractivity contribution < 1.29 is 9.53 Å². The van der Waals surface area contributed by atoms with Crippen LogP contribution in [-0.4, -0.2) is 17.6 Å². The highest BCUT2D eigenvalue weighted by atomic mass is 32.2. The number of nitrogen functional groups attached to an aromatic ring is 1. The molecule has 0 unspecified atom stereocenters. The predicted octanol–water partition coefficient (Wildman–Crippen LogP) is 3.61. The zero-order chi connectivity index (χ0) is 15.4. The van der Waals surface area contributed by atoms with Crippen molar-refractivity contribution in [2.75, 3.05) is 12.3 Å². The van der Waals surface area contributed by atoms with Gasteiger partial charge in [0.15, 0.2) is 0 Å². The van der Waals surface area contributed by atoms with Gasteiger partial charge < -0.3 is 10.5 Å². The van der Waals surface area contributed by atoms with Gasteiger partial charge in [-0.2, -0.15) is 0 Å². The largest absolute Gasteiger partial charge is 0.462 e. The van der Waals surface area contributed by atoms with Crippen molar-refractivity contribution in [2.24, 2.45) is 0 Å². The van der Waals surface area contributed by atoms with E-state index >= 15 is 0 Å². The standard InChI is InChI=1S/C16H18N2O2S/c1-4-20-16(19)13-8-15(18-9-14(13)17)21-12-6-5-10(2)11(3)7-12/h5-9H,4,17H2,1-3H3. The first kappa shape index (κ1) is 15.4. The molecule has 4 nitrogen and oxygen atoms in total. The normalized spacial score (nSPS) is 10.4. The molecule has 0 saturated heterocycles. The fourth-order valence-corrected chi connectivity index (χ4v) is 2.68. The van der Waals surface area contributed by atoms with Crippen LogP contribution >= 0.6 is 11.8 Å². The molecule has 5 heteroatoms. The Morgan fingerprint density at radius 2 is 2.05 bits per heavy atom. The summed E-state index contributed by atoms with van der Waals surface area (Å²) < 4.78 is 4.99. The highest BCUT2D eigenvalue weighted by molar-refractivity contribution is 7.99. The van der Waals surface area contributed by atoms with Crippen LogP contribution in [0.2, 0.25) is 0 Å². The molecule has 0 amide bonds. The number of aryl methyl sites for hydroxylation is 2. The number of ether oxygens (including phenoxy) is 1. The summed E-state index contributed by atoms with van der Waals surface area (Å²) in [7, 11) is 0. The molecule has 2 aromatic rings. The Bertz CT molecular complexity index is 671. The number of nitrogens with two attached hydrogens (primary N) is 1. The van der Waals surface area contributed by atoms with Crippen molar-refractivity contribution in [3.8, 4) is 0 Å².